The van der Waals surface area contributed by atoms with Crippen molar-refractivity contribution < 1.29 is 9.53 Å². The number of ether oxygens (including phenoxy) is 1. The summed E-state index contributed by atoms with van der Waals surface area (Å²) < 4.78 is 6.02. The van der Waals surface area contributed by atoms with Crippen LogP contribution in [0.2, 0.25) is 0 Å². The summed E-state index contributed by atoms with van der Waals surface area (Å²) in [5, 5.41) is 3.21. The van der Waals surface area contributed by atoms with E-state index < -0.39 is 0 Å². The first-order valence-electron chi connectivity index (χ1n) is 11.1. The summed E-state index contributed by atoms with van der Waals surface area (Å²) in [6.07, 6.45) is 8.47. The normalized spacial score (nSPS) is 18.0. The van der Waals surface area contributed by atoms with Crippen molar-refractivity contribution in [3.8, 4) is 17.0 Å². The van der Waals surface area contributed by atoms with E-state index in [4.69, 9.17) is 10.5 Å². The molecule has 31 heavy (non-hydrogen) atoms. The first-order valence-corrected chi connectivity index (χ1v) is 11.1. The second-order valence-electron chi connectivity index (χ2n) is 8.47. The van der Waals surface area contributed by atoms with Gasteiger partial charge in [-0.15, -0.1) is 0 Å². The topological polar surface area (TPSA) is 77.2 Å². The third-order valence-corrected chi connectivity index (χ3v) is 6.35. The SMILES string of the molecule is Nc1ccc(OC2CCC2)cc1-c1cc(C(=O)NC2CCCc3ccccc32)ccn1. The van der Waals surface area contributed by atoms with Gasteiger partial charge in [0.1, 0.15) is 5.75 Å². The van der Waals surface area contributed by atoms with E-state index in [1.165, 1.54) is 17.5 Å². The van der Waals surface area contributed by atoms with Gasteiger partial charge < -0.3 is 15.8 Å². The fourth-order valence-corrected chi connectivity index (χ4v) is 4.38. The number of amides is 1. The number of aryl methyl sites for hydroxylation is 1. The maximum absolute atomic E-state index is 13.1. The zero-order chi connectivity index (χ0) is 21.2. The Morgan fingerprint density at radius 2 is 1.90 bits per heavy atom. The predicted molar refractivity (Wildman–Crippen MR) is 122 cm³/mol. The van der Waals surface area contributed by atoms with E-state index in [0.717, 1.165) is 43.4 Å². The minimum Gasteiger partial charge on any atom is -0.490 e. The molecule has 1 saturated carbocycles. The molecule has 0 bridgehead atoms. The number of nitrogens with one attached hydrogen (secondary N) is 1. The molecule has 1 heterocycles. The van der Waals surface area contributed by atoms with Crippen LogP contribution in [0.15, 0.2) is 60.8 Å². The van der Waals surface area contributed by atoms with Crippen molar-refractivity contribution in [2.75, 3.05) is 5.73 Å². The van der Waals surface area contributed by atoms with Gasteiger partial charge in [-0.1, -0.05) is 24.3 Å². The number of nitrogen functional groups attached to an aromatic ring is 1. The first kappa shape index (κ1) is 19.6. The lowest BCUT2D eigenvalue weighted by Gasteiger charge is -2.26. The van der Waals surface area contributed by atoms with Gasteiger partial charge in [-0.25, -0.2) is 0 Å². The van der Waals surface area contributed by atoms with Crippen molar-refractivity contribution in [2.24, 2.45) is 0 Å². The van der Waals surface area contributed by atoms with Crippen LogP contribution in [0.25, 0.3) is 11.3 Å². The maximum atomic E-state index is 13.1. The van der Waals surface area contributed by atoms with E-state index in [1.54, 1.807) is 12.3 Å². The number of carbonyl (C=O) groups is 1. The molecular formula is C26H27N3O2. The molecule has 5 nitrogen and oxygen atoms in total. The molecule has 1 fully saturated rings. The molecule has 3 aromatic rings. The van der Waals surface area contributed by atoms with Gasteiger partial charge >= 0.3 is 0 Å². The second kappa shape index (κ2) is 8.42. The van der Waals surface area contributed by atoms with E-state index in [9.17, 15) is 4.79 Å². The molecule has 2 aromatic carbocycles. The number of anilines is 1. The molecule has 2 aliphatic rings. The predicted octanol–water partition coefficient (Wildman–Crippen LogP) is 5.07. The van der Waals surface area contributed by atoms with E-state index in [0.29, 0.717) is 23.0 Å². The number of pyridine rings is 1. The Kier molecular flexibility index (Phi) is 5.33. The lowest BCUT2D eigenvalue weighted by Crippen LogP contribution is -2.31. The highest BCUT2D eigenvalue weighted by Gasteiger charge is 2.23. The highest BCUT2D eigenvalue weighted by Crippen LogP contribution is 2.33. The van der Waals surface area contributed by atoms with Gasteiger partial charge in [0.25, 0.3) is 5.91 Å². The van der Waals surface area contributed by atoms with Gasteiger partial charge in [-0.05, 0) is 80.0 Å². The third kappa shape index (κ3) is 4.13. The van der Waals surface area contributed by atoms with Crippen molar-refractivity contribution in [1.29, 1.82) is 0 Å². The number of nitrogens with two attached hydrogens (primary N) is 1. The Morgan fingerprint density at radius 3 is 2.74 bits per heavy atom. The smallest absolute Gasteiger partial charge is 0.251 e. The van der Waals surface area contributed by atoms with Crippen molar-refractivity contribution in [3.63, 3.8) is 0 Å². The molecule has 1 amide bonds. The molecule has 1 unspecified atom stereocenters. The molecular weight excluding hydrogens is 386 g/mol. The number of hydrogen-bond donors (Lipinski definition) is 2. The van der Waals surface area contributed by atoms with Gasteiger partial charge in [-0.2, -0.15) is 0 Å². The molecule has 0 radical (unpaired) electrons. The minimum absolute atomic E-state index is 0.0401. The summed E-state index contributed by atoms with van der Waals surface area (Å²) in [4.78, 5) is 17.5. The minimum atomic E-state index is -0.0919. The quantitative estimate of drug-likeness (QED) is 0.573. The Balaban J connectivity index is 1.37. The number of aromatic nitrogens is 1. The van der Waals surface area contributed by atoms with Crippen LogP contribution < -0.4 is 15.8 Å². The van der Waals surface area contributed by atoms with Gasteiger partial charge in [0.15, 0.2) is 0 Å². The molecule has 0 spiro atoms. The summed E-state index contributed by atoms with van der Waals surface area (Å²) in [7, 11) is 0. The van der Waals surface area contributed by atoms with Crippen LogP contribution in [0.3, 0.4) is 0 Å². The number of fused-ring (bicyclic) bond motifs is 1. The Bertz CT molecular complexity index is 1110. The monoisotopic (exact) mass is 413 g/mol. The Labute approximate surface area is 182 Å². The molecule has 1 atom stereocenters. The van der Waals surface area contributed by atoms with Crippen molar-refractivity contribution in [3.05, 3.63) is 77.5 Å². The van der Waals surface area contributed by atoms with Crippen LogP contribution >= 0.6 is 0 Å². The Morgan fingerprint density at radius 1 is 1.03 bits per heavy atom. The molecule has 0 aliphatic heterocycles. The largest absolute Gasteiger partial charge is 0.490 e. The molecule has 5 heteroatoms. The summed E-state index contributed by atoms with van der Waals surface area (Å²) in [5.41, 5.74) is 11.4. The van der Waals surface area contributed by atoms with E-state index in [1.807, 2.05) is 30.3 Å². The number of rotatable bonds is 5. The van der Waals surface area contributed by atoms with Crippen LogP contribution in [0, 0.1) is 0 Å². The van der Waals surface area contributed by atoms with Crippen LogP contribution in [0.5, 0.6) is 5.75 Å². The first-order chi connectivity index (χ1) is 15.2. The summed E-state index contributed by atoms with van der Waals surface area (Å²) in [5.74, 6) is 0.704. The second-order valence-corrected chi connectivity index (χ2v) is 8.47. The van der Waals surface area contributed by atoms with E-state index in [2.05, 4.69) is 28.5 Å². The third-order valence-electron chi connectivity index (χ3n) is 6.35. The molecule has 2 aliphatic carbocycles. The lowest BCUT2D eigenvalue weighted by atomic mass is 9.87. The highest BCUT2D eigenvalue weighted by atomic mass is 16.5. The number of carbonyl (C=O) groups excluding carboxylic acids is 1. The summed E-state index contributed by atoms with van der Waals surface area (Å²) >= 11 is 0. The zero-order valence-corrected chi connectivity index (χ0v) is 17.5. The van der Waals surface area contributed by atoms with Crippen molar-refractivity contribution in [2.45, 2.75) is 50.7 Å². The number of nitrogens with zero attached hydrogens (tertiary/aromatic N) is 1. The van der Waals surface area contributed by atoms with E-state index in [-0.39, 0.29) is 11.9 Å². The molecule has 3 N–H and O–H groups in total. The molecule has 1 aromatic heterocycles. The fourth-order valence-electron chi connectivity index (χ4n) is 4.38. The molecule has 5 rings (SSSR count). The van der Waals surface area contributed by atoms with Gasteiger partial charge in [-0.3, -0.25) is 9.78 Å². The van der Waals surface area contributed by atoms with E-state index >= 15 is 0 Å². The standard InChI is InChI=1S/C26H27N3O2/c27-23-12-11-20(31-19-7-4-8-19)16-22(23)25-15-18(13-14-28-25)26(30)29-24-10-3-6-17-5-1-2-9-21(17)24/h1-2,5,9,11-16,19,24H,3-4,6-8,10,27H2,(H,29,30). The van der Waals surface area contributed by atoms with Crippen molar-refractivity contribution in [1.82, 2.24) is 10.3 Å². The summed E-state index contributed by atoms with van der Waals surface area (Å²) in [6.45, 7) is 0. The average Bonchev–Trinajstić information content (AvgIpc) is 2.77. The maximum Gasteiger partial charge on any atom is 0.251 e. The van der Waals surface area contributed by atoms with Crippen LogP contribution in [0.4, 0.5) is 5.69 Å². The average molecular weight is 414 g/mol. The van der Waals surface area contributed by atoms with Crippen LogP contribution in [0.1, 0.15) is 59.6 Å². The molecule has 0 saturated heterocycles. The number of benzene rings is 2. The zero-order valence-electron chi connectivity index (χ0n) is 17.5. The summed E-state index contributed by atoms with van der Waals surface area (Å²) in [6, 6.07) is 17.6. The number of hydrogen-bond acceptors (Lipinski definition) is 4. The van der Waals surface area contributed by atoms with Gasteiger partial charge in [0.2, 0.25) is 0 Å². The fraction of sp³-hybridized carbons (Fsp3) is 0.308. The molecule has 158 valence electrons. The van der Waals surface area contributed by atoms with Crippen molar-refractivity contribution >= 4 is 11.6 Å². The highest BCUT2D eigenvalue weighted by molar-refractivity contribution is 5.95. The van der Waals surface area contributed by atoms with Gasteiger partial charge in [0.05, 0.1) is 17.8 Å². The van der Waals surface area contributed by atoms with Gasteiger partial charge in [0, 0.05) is 23.0 Å². The van der Waals surface area contributed by atoms with Crippen LogP contribution in [-0.4, -0.2) is 17.0 Å². The Hall–Kier alpha value is -3.34. The lowest BCUT2D eigenvalue weighted by molar-refractivity contribution is 0.0932. The van der Waals surface area contributed by atoms with Crippen LogP contribution in [-0.2, 0) is 6.42 Å².